The summed E-state index contributed by atoms with van der Waals surface area (Å²) >= 11 is 0. The third kappa shape index (κ3) is 7.19. The highest BCUT2D eigenvalue weighted by molar-refractivity contribution is 5.86. The first-order valence-electron chi connectivity index (χ1n) is 34.8. The molecule has 13 aliphatic carbocycles. The summed E-state index contributed by atoms with van der Waals surface area (Å²) in [7, 11) is 1.95. The van der Waals surface area contributed by atoms with Crippen LogP contribution in [0.2, 0.25) is 0 Å². The van der Waals surface area contributed by atoms with Crippen molar-refractivity contribution in [3.05, 3.63) is 130 Å². The van der Waals surface area contributed by atoms with Crippen LogP contribution < -0.4 is 5.32 Å². The van der Waals surface area contributed by atoms with Gasteiger partial charge in [-0.3, -0.25) is 0 Å². The Bertz CT molecular complexity index is 3570. The van der Waals surface area contributed by atoms with E-state index in [1.54, 1.807) is 6.08 Å². The molecule has 10 fully saturated rings. The molecule has 19 rings (SSSR count). The molecule has 3 aromatic rings. The minimum Gasteiger partial charge on any atom is -0.454 e. The number of benzene rings is 3. The van der Waals surface area contributed by atoms with Crippen LogP contribution in [-0.4, -0.2) is 92.1 Å². The Hall–Kier alpha value is -4.88. The lowest BCUT2D eigenvalue weighted by Crippen LogP contribution is -2.88. The van der Waals surface area contributed by atoms with Crippen molar-refractivity contribution in [1.29, 1.82) is 0 Å². The number of aldehydes is 1. The number of aliphatic hydroxyl groups is 5. The first kappa shape index (κ1) is 55.9. The van der Waals surface area contributed by atoms with Crippen LogP contribution in [0, 0.1) is 135 Å². The predicted molar refractivity (Wildman–Crippen MR) is 331 cm³/mol. The zero-order chi connectivity index (χ0) is 59.4. The van der Waals surface area contributed by atoms with Gasteiger partial charge in [0.25, 0.3) is 0 Å². The minimum atomic E-state index is -2.35. The Morgan fingerprint density at radius 3 is 2.48 bits per heavy atom. The van der Waals surface area contributed by atoms with Gasteiger partial charge in [-0.05, 0) is 233 Å². The first-order valence-corrected chi connectivity index (χ1v) is 34.8. The Labute approximate surface area is 519 Å². The highest BCUT2D eigenvalue weighted by atomic mass is 16.5. The number of carbonyl (C=O) groups excluding carboxylic acids is 2. The zero-order valence-electron chi connectivity index (χ0n) is 51.2. The Morgan fingerprint density at radius 1 is 0.784 bits per heavy atom. The maximum atomic E-state index is 16.3. The normalized spacial score (nSPS) is 50.7. The van der Waals surface area contributed by atoms with Gasteiger partial charge in [0, 0.05) is 70.9 Å². The maximum Gasteiger partial charge on any atom is 0.331 e. The lowest BCUT2D eigenvalue weighted by atomic mass is 9.30. The number of ether oxygens (including phenoxy) is 2. The summed E-state index contributed by atoms with van der Waals surface area (Å²) in [4.78, 5) is 30.6. The van der Waals surface area contributed by atoms with Crippen molar-refractivity contribution < 1.29 is 44.6 Å². The molecule has 0 radical (unpaired) electrons. The number of allylic oxidation sites excluding steroid dienone is 2. The molecule has 2 spiro atoms. The molecule has 88 heavy (non-hydrogen) atoms. The molecule has 19 bridgehead atoms. The van der Waals surface area contributed by atoms with E-state index in [2.05, 4.69) is 95.7 Å². The number of rotatable bonds is 4. The van der Waals surface area contributed by atoms with Crippen molar-refractivity contribution in [2.45, 2.75) is 188 Å². The van der Waals surface area contributed by atoms with E-state index in [0.29, 0.717) is 69.6 Å². The fourth-order valence-electron chi connectivity index (χ4n) is 27.0. The molecule has 3 heterocycles. The van der Waals surface area contributed by atoms with Crippen LogP contribution >= 0.6 is 0 Å². The van der Waals surface area contributed by atoms with E-state index in [1.807, 2.05) is 25.2 Å². The number of hydrogen-bond acceptors (Lipinski definition) is 10. The topological polar surface area (TPSA) is 166 Å². The molecule has 16 aliphatic rings. The van der Waals surface area contributed by atoms with E-state index in [-0.39, 0.29) is 84.4 Å². The van der Waals surface area contributed by atoms with Crippen LogP contribution in [0.3, 0.4) is 0 Å². The highest BCUT2D eigenvalue weighted by Gasteiger charge is 2.89. The van der Waals surface area contributed by atoms with Crippen LogP contribution in [0.4, 0.5) is 0 Å². The molecular formula is C78H89NO9. The minimum absolute atomic E-state index is 0.0574. The monoisotopic (exact) mass is 1180 g/mol. The van der Waals surface area contributed by atoms with E-state index >= 15 is 20.1 Å². The van der Waals surface area contributed by atoms with E-state index in [4.69, 9.17) is 9.47 Å². The quantitative estimate of drug-likeness (QED) is 0.0641. The van der Waals surface area contributed by atoms with Gasteiger partial charge in [0.1, 0.15) is 23.6 Å². The van der Waals surface area contributed by atoms with Crippen LogP contribution in [-0.2, 0) is 44.9 Å². The molecular weight excluding hydrogens is 1090 g/mol. The van der Waals surface area contributed by atoms with Gasteiger partial charge in [-0.15, -0.1) is 5.92 Å². The van der Waals surface area contributed by atoms with Crippen molar-refractivity contribution >= 4 is 12.3 Å². The molecule has 6 N–H and O–H groups in total. The molecule has 9 saturated carbocycles. The molecule has 0 amide bonds. The maximum absolute atomic E-state index is 16.3. The highest BCUT2D eigenvalue weighted by Crippen LogP contribution is 2.83. The zero-order valence-corrected chi connectivity index (χ0v) is 51.2. The Balaban J connectivity index is 0.891. The van der Waals surface area contributed by atoms with Gasteiger partial charge in [0.2, 0.25) is 0 Å². The third-order valence-electron chi connectivity index (χ3n) is 29.6. The standard InChI is InChI=1S/C78H89NO9/c1-79-66-36-58-47(16-8-19-51(58)40-80)15-5-6-26-73-38-50-18-10-21-57-56(46-13-3-2-4-14-46)24-25-63-60(57)34-53-33-54-30-44-12-7-11-43(27-44)28-45-22-23-49(29-45)55-20-9-17-48-32-65-72(87-54)75(53,63)41-74(42-81)70(50)78(86,71(83)64(35-59(48)55)77(65,74)85)76(73,84)39-52-31-61(66)69-62(68(52)73)37-67(82)88-69/h2-4,7-9,11-14,16-17,19,27,37,42,45,48-50,52-57,59-61,63-66,68-72,79-80,83-86H,6,20-26,28-36,38-41H2,1H3/t45-,48-,49+,50-,52+,53-,54-,55-,56+,57-,59+,60+,61-,63-,64+,65-,66-,68-,69+,70-,71+,72-,73-,74+,75+,76-,77+,78-/m1/s1. The van der Waals surface area contributed by atoms with Crippen LogP contribution in [0.25, 0.3) is 0 Å². The second-order valence-electron chi connectivity index (χ2n) is 32.1. The largest absolute Gasteiger partial charge is 0.454 e. The number of nitrogens with one attached hydrogen (secondary N) is 1. The molecule has 28 atom stereocenters. The predicted octanol–water partition coefficient (Wildman–Crippen LogP) is 9.79. The number of aliphatic hydroxyl groups excluding tert-OH is 2. The number of hydrogen-bond donors (Lipinski definition) is 6. The van der Waals surface area contributed by atoms with Gasteiger partial charge in [-0.25, -0.2) is 4.79 Å². The van der Waals surface area contributed by atoms with E-state index in [9.17, 15) is 15.0 Å². The van der Waals surface area contributed by atoms with Crippen LogP contribution in [0.15, 0.2) is 96.6 Å². The average molecular weight is 1180 g/mol. The SMILES string of the molecule is CN[C@@H]1Cc2c(cccc2CO)C#CCC[C@]23C[C@H]4C#CC[C@H]5[C@@H]6C[C@H]7C[C@H]8Cc9cccc(c9)C[C@H]9CC[C@@H](C9)[C@H]9CC=C[C@@H]%10C[C@@H]%11[C@@H](O8)[C@]7(C[C@]7(C=O)[C@@H]4[C@@](O)([C@@H](O)[C@H](C[C@H]9%10)[C@]%117O)[C@@]2(O)C[C@@H]2C[C@H]1[C@@H]1OC(=O)C=C1[C@@H]23)[C@@H]6CC[C@H]5c1ccccc1. The molecule has 3 aliphatic heterocycles. The molecule has 10 nitrogen and oxygen atoms in total. The van der Waals surface area contributed by atoms with Crippen molar-refractivity contribution in [2.75, 3.05) is 7.05 Å². The second-order valence-corrected chi connectivity index (χ2v) is 32.1. The number of carbonyl (C=O) groups is 2. The summed E-state index contributed by atoms with van der Waals surface area (Å²) in [5, 5.41) is 76.1. The summed E-state index contributed by atoms with van der Waals surface area (Å²) < 4.78 is 14.7. The number of likely N-dealkylation sites (N-methyl/N-ethyl adjacent to an activating group) is 1. The van der Waals surface area contributed by atoms with Gasteiger partial charge in [0.05, 0.1) is 35.9 Å². The molecule has 10 heteroatoms. The smallest absolute Gasteiger partial charge is 0.331 e. The molecule has 1 saturated heterocycles. The fourth-order valence-corrected chi connectivity index (χ4v) is 27.0. The second kappa shape index (κ2) is 19.8. The van der Waals surface area contributed by atoms with Crippen LogP contribution in [0.1, 0.15) is 148 Å². The summed E-state index contributed by atoms with van der Waals surface area (Å²) in [6.07, 6.45) is 19.1. The molecule has 0 unspecified atom stereocenters. The lowest BCUT2D eigenvalue weighted by Gasteiger charge is -2.77. The third-order valence-corrected chi connectivity index (χ3v) is 29.6. The van der Waals surface area contributed by atoms with E-state index in [0.717, 1.165) is 92.8 Å². The van der Waals surface area contributed by atoms with E-state index < -0.39 is 86.9 Å². The average Bonchev–Trinajstić information content (AvgIpc) is 1.20. The number of esters is 1. The summed E-state index contributed by atoms with van der Waals surface area (Å²) in [5.74, 6) is 12.8. The summed E-state index contributed by atoms with van der Waals surface area (Å²) in [5.41, 5.74) is -2.11. The van der Waals surface area contributed by atoms with Crippen LogP contribution in [0.5, 0.6) is 0 Å². The summed E-state index contributed by atoms with van der Waals surface area (Å²) in [6, 6.07) is 26.2. The van der Waals surface area contributed by atoms with Gasteiger partial charge >= 0.3 is 5.97 Å². The van der Waals surface area contributed by atoms with Gasteiger partial charge < -0.3 is 45.1 Å². The van der Waals surface area contributed by atoms with Crippen molar-refractivity contribution in [3.8, 4) is 23.7 Å². The lowest BCUT2D eigenvalue weighted by molar-refractivity contribution is -0.399. The first-order chi connectivity index (χ1) is 42.8. The Morgan fingerprint density at radius 2 is 1.64 bits per heavy atom. The van der Waals surface area contributed by atoms with Crippen molar-refractivity contribution in [1.82, 2.24) is 5.32 Å². The fraction of sp³-hybridized carbons (Fsp3) is 0.641. The molecule has 0 aromatic heterocycles. The molecule has 460 valence electrons. The van der Waals surface area contributed by atoms with Gasteiger partial charge in [-0.2, -0.15) is 0 Å². The Kier molecular flexibility index (Phi) is 12.6. The molecule has 3 aromatic carbocycles. The van der Waals surface area contributed by atoms with E-state index in [1.165, 1.54) is 16.7 Å². The van der Waals surface area contributed by atoms with Crippen molar-refractivity contribution in [2.24, 2.45) is 111 Å². The summed E-state index contributed by atoms with van der Waals surface area (Å²) in [6.45, 7) is -0.139. The van der Waals surface area contributed by atoms with Gasteiger partial charge in [0.15, 0.2) is 0 Å². The number of fused-ring (bicyclic) bond motifs is 10. The van der Waals surface area contributed by atoms with Crippen molar-refractivity contribution in [3.63, 3.8) is 0 Å². The van der Waals surface area contributed by atoms with Gasteiger partial charge in [-0.1, -0.05) is 96.6 Å².